The topological polar surface area (TPSA) is 61.4 Å². The Morgan fingerprint density at radius 2 is 1.89 bits per heavy atom. The summed E-state index contributed by atoms with van der Waals surface area (Å²) < 4.78 is 0. The number of nitrogens with zero attached hydrogens (tertiary/aromatic N) is 1. The van der Waals surface area contributed by atoms with Crippen molar-refractivity contribution in [3.63, 3.8) is 0 Å². The quantitative estimate of drug-likeness (QED) is 0.798. The summed E-state index contributed by atoms with van der Waals surface area (Å²) in [6.45, 7) is 2.20. The van der Waals surface area contributed by atoms with Gasteiger partial charge in [-0.1, -0.05) is 23.7 Å². The van der Waals surface area contributed by atoms with Crippen LogP contribution in [-0.4, -0.2) is 49.4 Å². The van der Waals surface area contributed by atoms with Crippen molar-refractivity contribution in [2.75, 3.05) is 26.7 Å². The van der Waals surface area contributed by atoms with Gasteiger partial charge in [-0.05, 0) is 48.8 Å². The fourth-order valence-electron chi connectivity index (χ4n) is 4.86. The van der Waals surface area contributed by atoms with Gasteiger partial charge in [0, 0.05) is 44.2 Å². The molecule has 2 aliphatic heterocycles. The van der Waals surface area contributed by atoms with E-state index in [-0.39, 0.29) is 35.7 Å². The van der Waals surface area contributed by atoms with E-state index in [1.165, 1.54) is 0 Å². The van der Waals surface area contributed by atoms with Crippen molar-refractivity contribution in [3.05, 3.63) is 34.9 Å². The normalized spacial score (nSPS) is 28.4. The molecule has 27 heavy (non-hydrogen) atoms. The van der Waals surface area contributed by atoms with Crippen LogP contribution in [0.3, 0.4) is 0 Å². The number of rotatable bonds is 4. The second-order valence-corrected chi connectivity index (χ2v) is 8.69. The fourth-order valence-corrected chi connectivity index (χ4v) is 4.99. The van der Waals surface area contributed by atoms with Crippen LogP contribution in [0.4, 0.5) is 0 Å². The predicted octanol–water partition coefficient (Wildman–Crippen LogP) is 2.27. The van der Waals surface area contributed by atoms with E-state index < -0.39 is 0 Å². The Labute approximate surface area is 171 Å². The molecule has 7 heteroatoms. The molecule has 1 aromatic rings. The molecule has 5 nitrogen and oxygen atoms in total. The molecule has 2 heterocycles. The van der Waals surface area contributed by atoms with E-state index in [0.29, 0.717) is 18.3 Å². The minimum atomic E-state index is -0.357. The largest absolute Gasteiger partial charge is 0.356 e. The van der Waals surface area contributed by atoms with E-state index in [2.05, 4.69) is 10.6 Å². The van der Waals surface area contributed by atoms with Gasteiger partial charge in [0.1, 0.15) is 0 Å². The first-order chi connectivity index (χ1) is 12.5. The van der Waals surface area contributed by atoms with Crippen LogP contribution >= 0.6 is 24.0 Å². The number of carbonyl (C=O) groups excluding carboxylic acids is 2. The summed E-state index contributed by atoms with van der Waals surface area (Å²) >= 11 is 5.98. The second-order valence-electron chi connectivity index (χ2n) is 8.26. The fraction of sp³-hybridized carbons (Fsp3) is 0.600. The van der Waals surface area contributed by atoms with Crippen molar-refractivity contribution >= 4 is 35.8 Å². The van der Waals surface area contributed by atoms with Crippen LogP contribution in [-0.2, 0) is 16.0 Å². The van der Waals surface area contributed by atoms with Crippen LogP contribution in [0.25, 0.3) is 0 Å². The zero-order valence-corrected chi connectivity index (χ0v) is 17.1. The molecule has 0 aromatic heterocycles. The lowest BCUT2D eigenvalue weighted by atomic mass is 9.75. The highest BCUT2D eigenvalue weighted by atomic mass is 35.5. The van der Waals surface area contributed by atoms with E-state index in [4.69, 9.17) is 11.6 Å². The Kier molecular flexibility index (Phi) is 6.04. The van der Waals surface area contributed by atoms with Crippen LogP contribution in [0.15, 0.2) is 24.3 Å². The summed E-state index contributed by atoms with van der Waals surface area (Å²) in [5.74, 6) is 1.33. The number of carbonyl (C=O) groups is 2. The molecule has 0 spiro atoms. The summed E-state index contributed by atoms with van der Waals surface area (Å²) in [7, 11) is 1.95. The molecule has 3 aliphatic rings. The standard InChI is InChI=1S/C20H26ClN3O2.ClH/c1-24(17-6-14-8-18(25)23-10-15(14)7-17)19(26)20(11-22-12-20)9-13-2-4-16(21)5-3-13;/h2-5,14-15,17,22H,6-12H2,1H3,(H,23,25);1H/t14-,15+,17-;/m0./s1. The molecule has 4 rings (SSSR count). The summed E-state index contributed by atoms with van der Waals surface area (Å²) in [5, 5.41) is 6.97. The molecule has 1 aliphatic carbocycles. The molecule has 1 saturated carbocycles. The van der Waals surface area contributed by atoms with Crippen molar-refractivity contribution in [2.24, 2.45) is 17.3 Å². The van der Waals surface area contributed by atoms with Gasteiger partial charge in [0.05, 0.1) is 5.41 Å². The lowest BCUT2D eigenvalue weighted by Crippen LogP contribution is -2.63. The smallest absolute Gasteiger partial charge is 0.231 e. The highest BCUT2D eigenvalue weighted by molar-refractivity contribution is 6.30. The van der Waals surface area contributed by atoms with Gasteiger partial charge >= 0.3 is 0 Å². The lowest BCUT2D eigenvalue weighted by Gasteiger charge is -2.45. The van der Waals surface area contributed by atoms with Gasteiger partial charge in [-0.2, -0.15) is 0 Å². The first kappa shape index (κ1) is 20.4. The van der Waals surface area contributed by atoms with Crippen molar-refractivity contribution in [2.45, 2.75) is 31.7 Å². The SMILES string of the molecule is CN(C(=O)C1(Cc2ccc(Cl)cc2)CNC1)[C@H]1C[C@H]2CC(=O)NC[C@H]2C1.Cl. The number of nitrogens with one attached hydrogen (secondary N) is 2. The summed E-state index contributed by atoms with van der Waals surface area (Å²) in [6, 6.07) is 8.04. The van der Waals surface area contributed by atoms with E-state index in [1.807, 2.05) is 36.2 Å². The van der Waals surface area contributed by atoms with E-state index in [9.17, 15) is 9.59 Å². The third-order valence-electron chi connectivity index (χ3n) is 6.53. The monoisotopic (exact) mass is 411 g/mol. The Hall–Kier alpha value is -1.30. The Bertz CT molecular complexity index is 706. The number of halogens is 2. The number of piperidine rings is 1. The minimum absolute atomic E-state index is 0. The molecular formula is C20H27Cl2N3O2. The van der Waals surface area contributed by atoms with Crippen LogP contribution < -0.4 is 10.6 Å². The second kappa shape index (κ2) is 7.98. The van der Waals surface area contributed by atoms with Crippen molar-refractivity contribution in [3.8, 4) is 0 Å². The van der Waals surface area contributed by atoms with Crippen LogP contribution in [0, 0.1) is 17.3 Å². The number of benzene rings is 1. The van der Waals surface area contributed by atoms with Crippen LogP contribution in [0.2, 0.25) is 5.02 Å². The zero-order valence-electron chi connectivity index (χ0n) is 15.5. The van der Waals surface area contributed by atoms with Crippen molar-refractivity contribution < 1.29 is 9.59 Å². The molecule has 2 N–H and O–H groups in total. The summed E-state index contributed by atoms with van der Waals surface area (Å²) in [6.07, 6.45) is 3.29. The Balaban J connectivity index is 0.00000210. The number of fused-ring (bicyclic) bond motifs is 1. The maximum atomic E-state index is 13.4. The molecule has 0 bridgehead atoms. The molecular weight excluding hydrogens is 385 g/mol. The summed E-state index contributed by atoms with van der Waals surface area (Å²) in [4.78, 5) is 27.0. The molecule has 0 radical (unpaired) electrons. The van der Waals surface area contributed by atoms with E-state index >= 15 is 0 Å². The van der Waals surface area contributed by atoms with E-state index in [1.54, 1.807) is 0 Å². The van der Waals surface area contributed by atoms with Gasteiger partial charge in [-0.15, -0.1) is 12.4 Å². The predicted molar refractivity (Wildman–Crippen MR) is 108 cm³/mol. The highest BCUT2D eigenvalue weighted by Crippen LogP contribution is 2.40. The molecule has 3 fully saturated rings. The van der Waals surface area contributed by atoms with Gasteiger partial charge in [-0.3, -0.25) is 9.59 Å². The number of amides is 2. The first-order valence-corrected chi connectivity index (χ1v) is 9.84. The average Bonchev–Trinajstić information content (AvgIpc) is 3.01. The lowest BCUT2D eigenvalue weighted by molar-refractivity contribution is -0.146. The number of hydrogen-bond donors (Lipinski definition) is 2. The number of hydrogen-bond acceptors (Lipinski definition) is 3. The van der Waals surface area contributed by atoms with Gasteiger partial charge in [0.2, 0.25) is 11.8 Å². The van der Waals surface area contributed by atoms with E-state index in [0.717, 1.165) is 49.5 Å². The molecule has 148 valence electrons. The third-order valence-corrected chi connectivity index (χ3v) is 6.78. The van der Waals surface area contributed by atoms with Gasteiger partial charge in [0.15, 0.2) is 0 Å². The third kappa shape index (κ3) is 3.96. The van der Waals surface area contributed by atoms with Gasteiger partial charge in [-0.25, -0.2) is 0 Å². The Morgan fingerprint density at radius 3 is 2.52 bits per heavy atom. The molecule has 0 unspecified atom stereocenters. The molecule has 3 atom stereocenters. The van der Waals surface area contributed by atoms with Crippen molar-refractivity contribution in [1.82, 2.24) is 15.5 Å². The zero-order chi connectivity index (χ0) is 18.3. The van der Waals surface area contributed by atoms with Crippen molar-refractivity contribution in [1.29, 1.82) is 0 Å². The minimum Gasteiger partial charge on any atom is -0.356 e. The molecule has 2 saturated heterocycles. The Morgan fingerprint density at radius 1 is 1.22 bits per heavy atom. The first-order valence-electron chi connectivity index (χ1n) is 9.46. The molecule has 1 aromatic carbocycles. The average molecular weight is 412 g/mol. The maximum absolute atomic E-state index is 13.4. The van der Waals surface area contributed by atoms with Gasteiger partial charge in [0.25, 0.3) is 0 Å². The highest BCUT2D eigenvalue weighted by Gasteiger charge is 2.49. The van der Waals surface area contributed by atoms with Crippen LogP contribution in [0.5, 0.6) is 0 Å². The van der Waals surface area contributed by atoms with Gasteiger partial charge < -0.3 is 15.5 Å². The maximum Gasteiger partial charge on any atom is 0.231 e. The van der Waals surface area contributed by atoms with Crippen LogP contribution in [0.1, 0.15) is 24.8 Å². The summed E-state index contributed by atoms with van der Waals surface area (Å²) in [5.41, 5.74) is 0.789. The molecule has 2 amide bonds.